The van der Waals surface area contributed by atoms with Crippen LogP contribution in [0.5, 0.6) is 0 Å². The van der Waals surface area contributed by atoms with Gasteiger partial charge in [0, 0.05) is 10.6 Å². The summed E-state index contributed by atoms with van der Waals surface area (Å²) >= 11 is 5.68. The van der Waals surface area contributed by atoms with E-state index in [2.05, 4.69) is 0 Å². The SMILES string of the molecule is O=S(=O)(O)c1cc(Cl)ccc1-c1ccco1. The van der Waals surface area contributed by atoms with E-state index in [-0.39, 0.29) is 15.5 Å². The number of rotatable bonds is 2. The zero-order valence-corrected chi connectivity index (χ0v) is 9.49. The van der Waals surface area contributed by atoms with Gasteiger partial charge in [-0.2, -0.15) is 8.42 Å². The van der Waals surface area contributed by atoms with Crippen LogP contribution in [0.2, 0.25) is 5.02 Å². The quantitative estimate of drug-likeness (QED) is 0.841. The molecule has 2 rings (SSSR count). The second kappa shape index (κ2) is 3.93. The molecule has 0 fully saturated rings. The van der Waals surface area contributed by atoms with Crippen LogP contribution >= 0.6 is 11.6 Å². The lowest BCUT2D eigenvalue weighted by Gasteiger charge is -2.04. The van der Waals surface area contributed by atoms with Gasteiger partial charge >= 0.3 is 0 Å². The van der Waals surface area contributed by atoms with Crippen LogP contribution in [0.4, 0.5) is 0 Å². The molecule has 0 bridgehead atoms. The van der Waals surface area contributed by atoms with Crippen molar-refractivity contribution in [3.05, 3.63) is 41.6 Å². The van der Waals surface area contributed by atoms with E-state index >= 15 is 0 Å². The molecule has 0 aliphatic heterocycles. The molecule has 1 aromatic carbocycles. The van der Waals surface area contributed by atoms with E-state index in [1.165, 1.54) is 24.5 Å². The Morgan fingerprint density at radius 1 is 1.25 bits per heavy atom. The molecule has 0 amide bonds. The van der Waals surface area contributed by atoms with Crippen molar-refractivity contribution < 1.29 is 17.4 Å². The maximum absolute atomic E-state index is 11.2. The molecule has 4 nitrogen and oxygen atoms in total. The van der Waals surface area contributed by atoms with Crippen molar-refractivity contribution in [1.82, 2.24) is 0 Å². The van der Waals surface area contributed by atoms with Crippen LogP contribution in [-0.4, -0.2) is 13.0 Å². The minimum absolute atomic E-state index is 0.225. The number of benzene rings is 1. The smallest absolute Gasteiger partial charge is 0.295 e. The Kier molecular flexibility index (Phi) is 2.75. The Labute approximate surface area is 97.2 Å². The average molecular weight is 259 g/mol. The Balaban J connectivity index is 2.72. The molecule has 2 aromatic rings. The van der Waals surface area contributed by atoms with Gasteiger partial charge in [-0.3, -0.25) is 4.55 Å². The minimum atomic E-state index is -4.33. The van der Waals surface area contributed by atoms with Crippen molar-refractivity contribution in [2.45, 2.75) is 4.90 Å². The molecule has 1 aromatic heterocycles. The van der Waals surface area contributed by atoms with Gasteiger partial charge in [0.25, 0.3) is 10.1 Å². The molecule has 0 atom stereocenters. The summed E-state index contributed by atoms with van der Waals surface area (Å²) in [4.78, 5) is -0.269. The second-order valence-corrected chi connectivity index (χ2v) is 4.92. The van der Waals surface area contributed by atoms with Crippen LogP contribution in [0.1, 0.15) is 0 Å². The number of hydrogen-bond donors (Lipinski definition) is 1. The molecule has 0 unspecified atom stereocenters. The first-order valence-electron chi connectivity index (χ1n) is 4.29. The summed E-state index contributed by atoms with van der Waals surface area (Å²) < 4.78 is 36.5. The monoisotopic (exact) mass is 258 g/mol. The Hall–Kier alpha value is -1.30. The fourth-order valence-electron chi connectivity index (χ4n) is 1.34. The van der Waals surface area contributed by atoms with Gasteiger partial charge in [-0.15, -0.1) is 0 Å². The van der Waals surface area contributed by atoms with E-state index in [0.717, 1.165) is 0 Å². The van der Waals surface area contributed by atoms with Crippen LogP contribution in [0.25, 0.3) is 11.3 Å². The lowest BCUT2D eigenvalue weighted by Crippen LogP contribution is -2.00. The molecule has 0 saturated heterocycles. The Bertz CT molecular complexity index is 602. The van der Waals surface area contributed by atoms with Gasteiger partial charge in [0.05, 0.1) is 6.26 Å². The Morgan fingerprint density at radius 3 is 2.56 bits per heavy atom. The van der Waals surface area contributed by atoms with E-state index in [1.807, 2.05) is 0 Å². The molecule has 0 aliphatic carbocycles. The van der Waals surface area contributed by atoms with Gasteiger partial charge in [0.1, 0.15) is 10.7 Å². The average Bonchev–Trinajstić information content (AvgIpc) is 2.69. The molecule has 0 aliphatic rings. The maximum Gasteiger partial charge on any atom is 0.295 e. The fourth-order valence-corrected chi connectivity index (χ4v) is 2.30. The topological polar surface area (TPSA) is 67.5 Å². The summed E-state index contributed by atoms with van der Waals surface area (Å²) in [6, 6.07) is 7.39. The molecule has 16 heavy (non-hydrogen) atoms. The Morgan fingerprint density at radius 2 is 2.00 bits per heavy atom. The highest BCUT2D eigenvalue weighted by Gasteiger charge is 2.18. The summed E-state index contributed by atoms with van der Waals surface area (Å²) in [6.45, 7) is 0. The summed E-state index contributed by atoms with van der Waals surface area (Å²) in [6.07, 6.45) is 1.41. The first-order chi connectivity index (χ1) is 7.48. The lowest BCUT2D eigenvalue weighted by atomic mass is 10.2. The van der Waals surface area contributed by atoms with Crippen molar-refractivity contribution in [1.29, 1.82) is 0 Å². The van der Waals surface area contributed by atoms with Crippen LogP contribution < -0.4 is 0 Å². The predicted molar refractivity (Wildman–Crippen MR) is 59.0 cm³/mol. The fraction of sp³-hybridized carbons (Fsp3) is 0. The van der Waals surface area contributed by atoms with E-state index < -0.39 is 10.1 Å². The second-order valence-electron chi connectivity index (χ2n) is 3.09. The van der Waals surface area contributed by atoms with Crippen molar-refractivity contribution >= 4 is 21.7 Å². The van der Waals surface area contributed by atoms with Gasteiger partial charge in [0.2, 0.25) is 0 Å². The first-order valence-corrected chi connectivity index (χ1v) is 6.11. The zero-order chi connectivity index (χ0) is 11.8. The van der Waals surface area contributed by atoms with E-state index in [0.29, 0.717) is 5.76 Å². The van der Waals surface area contributed by atoms with Crippen LogP contribution in [0.3, 0.4) is 0 Å². The normalized spacial score (nSPS) is 11.6. The first kappa shape index (κ1) is 11.2. The van der Waals surface area contributed by atoms with Crippen LogP contribution in [0.15, 0.2) is 45.9 Å². The van der Waals surface area contributed by atoms with Crippen LogP contribution in [-0.2, 0) is 10.1 Å². The molecular weight excluding hydrogens is 252 g/mol. The highest BCUT2D eigenvalue weighted by atomic mass is 35.5. The molecule has 0 radical (unpaired) electrons. The van der Waals surface area contributed by atoms with Crippen molar-refractivity contribution in [3.63, 3.8) is 0 Å². The molecule has 6 heteroatoms. The molecule has 84 valence electrons. The molecular formula is C10H7ClO4S. The molecule has 1 N–H and O–H groups in total. The summed E-state index contributed by atoms with van der Waals surface area (Å²) in [7, 11) is -4.33. The molecule has 0 spiro atoms. The highest BCUT2D eigenvalue weighted by molar-refractivity contribution is 7.86. The van der Waals surface area contributed by atoms with E-state index in [1.54, 1.807) is 12.1 Å². The standard InChI is InChI=1S/C10H7ClO4S/c11-7-3-4-8(9-2-1-5-15-9)10(6-7)16(12,13)14/h1-6H,(H,12,13,14). The van der Waals surface area contributed by atoms with Crippen molar-refractivity contribution in [2.24, 2.45) is 0 Å². The molecule has 1 heterocycles. The van der Waals surface area contributed by atoms with Gasteiger partial charge in [-0.25, -0.2) is 0 Å². The van der Waals surface area contributed by atoms with Crippen LogP contribution in [0, 0.1) is 0 Å². The van der Waals surface area contributed by atoms with Gasteiger partial charge in [-0.05, 0) is 30.3 Å². The third-order valence-electron chi connectivity index (χ3n) is 2.01. The zero-order valence-electron chi connectivity index (χ0n) is 7.92. The summed E-state index contributed by atoms with van der Waals surface area (Å²) in [5, 5.41) is 0.225. The number of furan rings is 1. The largest absolute Gasteiger partial charge is 0.464 e. The summed E-state index contributed by atoms with van der Waals surface area (Å²) in [5.41, 5.74) is 0.275. The minimum Gasteiger partial charge on any atom is -0.464 e. The predicted octanol–water partition coefficient (Wildman–Crippen LogP) is 2.85. The van der Waals surface area contributed by atoms with E-state index in [9.17, 15) is 8.42 Å². The van der Waals surface area contributed by atoms with Crippen molar-refractivity contribution in [3.8, 4) is 11.3 Å². The molecule has 0 saturated carbocycles. The van der Waals surface area contributed by atoms with Gasteiger partial charge in [0.15, 0.2) is 0 Å². The number of hydrogen-bond acceptors (Lipinski definition) is 3. The van der Waals surface area contributed by atoms with Crippen molar-refractivity contribution in [2.75, 3.05) is 0 Å². The third-order valence-corrected chi connectivity index (χ3v) is 3.14. The van der Waals surface area contributed by atoms with Gasteiger partial charge < -0.3 is 4.42 Å². The van der Waals surface area contributed by atoms with Gasteiger partial charge in [-0.1, -0.05) is 11.6 Å². The third kappa shape index (κ3) is 2.11. The lowest BCUT2D eigenvalue weighted by molar-refractivity contribution is 0.482. The highest BCUT2D eigenvalue weighted by Crippen LogP contribution is 2.29. The van der Waals surface area contributed by atoms with E-state index in [4.69, 9.17) is 20.6 Å². The number of halogens is 1. The maximum atomic E-state index is 11.2. The summed E-state index contributed by atoms with van der Waals surface area (Å²) in [5.74, 6) is 0.351.